The summed E-state index contributed by atoms with van der Waals surface area (Å²) in [5, 5.41) is 15.0. The van der Waals surface area contributed by atoms with Crippen molar-refractivity contribution in [2.75, 3.05) is 0 Å². The molecule has 4 aromatic rings. The monoisotopic (exact) mass is 354 g/mol. The Labute approximate surface area is 146 Å². The van der Waals surface area contributed by atoms with E-state index in [1.807, 2.05) is 42.5 Å². The van der Waals surface area contributed by atoms with Crippen molar-refractivity contribution in [1.29, 1.82) is 0 Å². The summed E-state index contributed by atoms with van der Waals surface area (Å²) in [7, 11) is 0. The summed E-state index contributed by atoms with van der Waals surface area (Å²) in [5.41, 5.74) is 2.34. The Morgan fingerprint density at radius 2 is 1.38 bits per heavy atom. The lowest BCUT2D eigenvalue weighted by Crippen LogP contribution is -1.88. The Bertz CT molecular complexity index is 997. The Morgan fingerprint density at radius 3 is 2.08 bits per heavy atom. The molecule has 0 saturated carbocycles. The van der Waals surface area contributed by atoms with Crippen LogP contribution in [-0.4, -0.2) is 20.4 Å². The van der Waals surface area contributed by atoms with E-state index in [4.69, 9.17) is 8.83 Å². The highest BCUT2D eigenvalue weighted by Gasteiger charge is 2.17. The van der Waals surface area contributed by atoms with Crippen LogP contribution in [0.25, 0.3) is 22.9 Å². The van der Waals surface area contributed by atoms with E-state index in [1.165, 1.54) is 0 Å². The van der Waals surface area contributed by atoms with Crippen molar-refractivity contribution in [2.45, 2.75) is 12.8 Å². The molecule has 0 N–H and O–H groups in total. The molecule has 0 fully saturated rings. The molecule has 0 aliphatic rings. The van der Waals surface area contributed by atoms with Crippen LogP contribution in [0.3, 0.4) is 0 Å². The summed E-state index contributed by atoms with van der Waals surface area (Å²) in [6.07, 6.45) is -2.33. The maximum atomic E-state index is 12.5. The zero-order valence-corrected chi connectivity index (χ0v) is 13.3. The van der Waals surface area contributed by atoms with Gasteiger partial charge < -0.3 is 8.83 Å². The zero-order chi connectivity index (χ0) is 17.9. The number of halogens is 2. The fourth-order valence-corrected chi connectivity index (χ4v) is 2.40. The average Bonchev–Trinajstić information content (AvgIpc) is 3.33. The molecular formula is C18H12F2N4O2. The van der Waals surface area contributed by atoms with Crippen LogP contribution in [0.1, 0.15) is 23.8 Å². The Kier molecular flexibility index (Phi) is 4.22. The quantitative estimate of drug-likeness (QED) is 0.531. The molecular weight excluding hydrogens is 342 g/mol. The number of rotatable bonds is 5. The van der Waals surface area contributed by atoms with Gasteiger partial charge in [-0.25, -0.2) is 0 Å². The molecule has 130 valence electrons. The van der Waals surface area contributed by atoms with Crippen LogP contribution < -0.4 is 0 Å². The lowest BCUT2D eigenvalue weighted by atomic mass is 10.1. The van der Waals surface area contributed by atoms with Gasteiger partial charge in [0.1, 0.15) is 0 Å². The van der Waals surface area contributed by atoms with Crippen LogP contribution in [0.2, 0.25) is 0 Å². The molecule has 0 saturated heterocycles. The van der Waals surface area contributed by atoms with Gasteiger partial charge in [-0.2, -0.15) is 8.78 Å². The van der Waals surface area contributed by atoms with Gasteiger partial charge >= 0.3 is 6.43 Å². The maximum absolute atomic E-state index is 12.5. The van der Waals surface area contributed by atoms with Crippen LogP contribution in [0.4, 0.5) is 8.78 Å². The lowest BCUT2D eigenvalue weighted by Gasteiger charge is -1.99. The van der Waals surface area contributed by atoms with Crippen molar-refractivity contribution in [3.63, 3.8) is 0 Å². The molecule has 4 rings (SSSR count). The van der Waals surface area contributed by atoms with Gasteiger partial charge in [-0.05, 0) is 29.8 Å². The molecule has 0 atom stereocenters. The van der Waals surface area contributed by atoms with Gasteiger partial charge in [-0.1, -0.05) is 30.3 Å². The first-order valence-corrected chi connectivity index (χ1v) is 7.78. The minimum atomic E-state index is -2.79. The predicted molar refractivity (Wildman–Crippen MR) is 87.2 cm³/mol. The first-order valence-electron chi connectivity index (χ1n) is 7.78. The standard InChI is InChI=1S/C18H12F2N4O2/c19-15(20)18-24-23-17(26-18)13-8-6-11(7-9-13)10-14-21-22-16(25-14)12-4-2-1-3-5-12/h1-9,15H,10H2. The van der Waals surface area contributed by atoms with E-state index in [2.05, 4.69) is 20.4 Å². The van der Waals surface area contributed by atoms with E-state index < -0.39 is 12.3 Å². The van der Waals surface area contributed by atoms with Crippen molar-refractivity contribution in [3.8, 4) is 22.9 Å². The normalized spacial score (nSPS) is 11.2. The van der Waals surface area contributed by atoms with Crippen LogP contribution >= 0.6 is 0 Å². The first kappa shape index (κ1) is 16.1. The predicted octanol–water partition coefficient (Wildman–Crippen LogP) is 4.32. The molecule has 0 radical (unpaired) electrons. The molecule has 6 nitrogen and oxygen atoms in total. The number of hydrogen-bond acceptors (Lipinski definition) is 6. The molecule has 0 aliphatic carbocycles. The lowest BCUT2D eigenvalue weighted by molar-refractivity contribution is 0.116. The van der Waals surface area contributed by atoms with E-state index in [0.717, 1.165) is 11.1 Å². The van der Waals surface area contributed by atoms with E-state index >= 15 is 0 Å². The summed E-state index contributed by atoms with van der Waals surface area (Å²) in [5.74, 6) is 0.302. The first-order chi connectivity index (χ1) is 12.7. The molecule has 8 heteroatoms. The smallest absolute Gasteiger partial charge is 0.314 e. The Hall–Kier alpha value is -3.42. The molecule has 2 aromatic carbocycles. The van der Waals surface area contributed by atoms with E-state index in [1.54, 1.807) is 12.1 Å². The summed E-state index contributed by atoms with van der Waals surface area (Å²) in [6.45, 7) is 0. The van der Waals surface area contributed by atoms with Gasteiger partial charge in [0.25, 0.3) is 5.89 Å². The van der Waals surface area contributed by atoms with Crippen molar-refractivity contribution in [3.05, 3.63) is 71.9 Å². The average molecular weight is 354 g/mol. The molecule has 26 heavy (non-hydrogen) atoms. The fraction of sp³-hybridized carbons (Fsp3) is 0.111. The summed E-state index contributed by atoms with van der Waals surface area (Å²) >= 11 is 0. The number of alkyl halides is 2. The van der Waals surface area contributed by atoms with Gasteiger partial charge in [-0.3, -0.25) is 0 Å². The summed E-state index contributed by atoms with van der Waals surface area (Å²) < 4.78 is 35.6. The van der Waals surface area contributed by atoms with Crippen molar-refractivity contribution in [2.24, 2.45) is 0 Å². The zero-order valence-electron chi connectivity index (χ0n) is 13.3. The molecule has 2 aromatic heterocycles. The SMILES string of the molecule is FC(F)c1nnc(-c2ccc(Cc3nnc(-c4ccccc4)o3)cc2)o1. The minimum absolute atomic E-state index is 0.0519. The van der Waals surface area contributed by atoms with Gasteiger partial charge in [0.2, 0.25) is 17.7 Å². The van der Waals surface area contributed by atoms with Crippen LogP contribution in [0.5, 0.6) is 0 Å². The third-order valence-electron chi connectivity index (χ3n) is 3.67. The van der Waals surface area contributed by atoms with E-state index in [-0.39, 0.29) is 5.89 Å². The van der Waals surface area contributed by atoms with E-state index in [9.17, 15) is 8.78 Å². The summed E-state index contributed by atoms with van der Waals surface area (Å²) in [6, 6.07) is 16.6. The highest BCUT2D eigenvalue weighted by molar-refractivity contribution is 5.53. The molecule has 2 heterocycles. The largest absolute Gasteiger partial charge is 0.420 e. The van der Waals surface area contributed by atoms with Gasteiger partial charge in [0, 0.05) is 11.1 Å². The van der Waals surface area contributed by atoms with Crippen molar-refractivity contribution < 1.29 is 17.6 Å². The second-order valence-electron chi connectivity index (χ2n) is 5.49. The van der Waals surface area contributed by atoms with Crippen LogP contribution in [-0.2, 0) is 6.42 Å². The second-order valence-corrected chi connectivity index (χ2v) is 5.49. The molecule has 0 amide bonds. The van der Waals surface area contributed by atoms with Gasteiger partial charge in [0.05, 0.1) is 6.42 Å². The minimum Gasteiger partial charge on any atom is -0.420 e. The topological polar surface area (TPSA) is 77.8 Å². The second kappa shape index (κ2) is 6.83. The number of aromatic nitrogens is 4. The Morgan fingerprint density at radius 1 is 0.731 bits per heavy atom. The van der Waals surface area contributed by atoms with E-state index in [0.29, 0.717) is 23.8 Å². The number of nitrogens with zero attached hydrogens (tertiary/aromatic N) is 4. The van der Waals surface area contributed by atoms with Gasteiger partial charge in [-0.15, -0.1) is 20.4 Å². The number of benzene rings is 2. The van der Waals surface area contributed by atoms with Crippen molar-refractivity contribution >= 4 is 0 Å². The fourth-order valence-electron chi connectivity index (χ4n) is 2.40. The molecule has 0 bridgehead atoms. The van der Waals surface area contributed by atoms with Crippen molar-refractivity contribution in [1.82, 2.24) is 20.4 Å². The van der Waals surface area contributed by atoms with Crippen LogP contribution in [0, 0.1) is 0 Å². The molecule has 0 unspecified atom stereocenters. The third kappa shape index (κ3) is 3.34. The number of hydrogen-bond donors (Lipinski definition) is 0. The Balaban J connectivity index is 1.48. The molecule has 0 aliphatic heterocycles. The molecule has 0 spiro atoms. The van der Waals surface area contributed by atoms with Gasteiger partial charge in [0.15, 0.2) is 0 Å². The highest BCUT2D eigenvalue weighted by Crippen LogP contribution is 2.24. The summed E-state index contributed by atoms with van der Waals surface area (Å²) in [4.78, 5) is 0. The van der Waals surface area contributed by atoms with Crippen LogP contribution in [0.15, 0.2) is 63.4 Å². The highest BCUT2D eigenvalue weighted by atomic mass is 19.3. The maximum Gasteiger partial charge on any atom is 0.314 e. The third-order valence-corrected chi connectivity index (χ3v) is 3.67.